The third-order valence-corrected chi connectivity index (χ3v) is 2.90. The van der Waals surface area contributed by atoms with Crippen LogP contribution in [0.25, 0.3) is 0 Å². The number of rotatable bonds is 2. The highest BCUT2D eigenvalue weighted by Gasteiger charge is 2.34. The van der Waals surface area contributed by atoms with E-state index in [1.165, 1.54) is 0 Å². The first-order valence-corrected chi connectivity index (χ1v) is 4.94. The fraction of sp³-hybridized carbons (Fsp3) is 0.556. The summed E-state index contributed by atoms with van der Waals surface area (Å²) >= 11 is 0. The van der Waals surface area contributed by atoms with Crippen LogP contribution in [0.3, 0.4) is 0 Å². The summed E-state index contributed by atoms with van der Waals surface area (Å²) in [7, 11) is 0. The Morgan fingerprint density at radius 3 is 3.00 bits per heavy atom. The van der Waals surface area contributed by atoms with Crippen molar-refractivity contribution in [3.05, 3.63) is 11.6 Å². The number of carboxylic acids is 1. The Hall–Kier alpha value is -1.72. The summed E-state index contributed by atoms with van der Waals surface area (Å²) in [6.45, 7) is 0.768. The van der Waals surface area contributed by atoms with Gasteiger partial charge in [0.2, 0.25) is 5.95 Å². The number of hydrogen-bond donors (Lipinski definition) is 2. The highest BCUT2D eigenvalue weighted by atomic mass is 16.4. The van der Waals surface area contributed by atoms with Gasteiger partial charge >= 0.3 is 5.97 Å². The van der Waals surface area contributed by atoms with Gasteiger partial charge < -0.3 is 10.4 Å². The van der Waals surface area contributed by atoms with Gasteiger partial charge in [-0.1, -0.05) is 0 Å². The molecule has 0 aromatic carbocycles. The normalized spacial score (nSPS) is 26.1. The van der Waals surface area contributed by atoms with Gasteiger partial charge in [0.05, 0.1) is 6.42 Å². The monoisotopic (exact) mass is 206 g/mol. The predicted molar refractivity (Wildman–Crippen MR) is 50.7 cm³/mol. The molecule has 1 aromatic heterocycles. The van der Waals surface area contributed by atoms with Crippen molar-refractivity contribution in [3.8, 4) is 0 Å². The minimum Gasteiger partial charge on any atom is -0.481 e. The van der Waals surface area contributed by atoms with Gasteiger partial charge in [0, 0.05) is 18.4 Å². The molecule has 0 fully saturated rings. The Morgan fingerprint density at radius 2 is 2.20 bits per heavy atom. The van der Waals surface area contributed by atoms with E-state index >= 15 is 0 Å². The Bertz CT molecular complexity index is 430. The summed E-state index contributed by atoms with van der Waals surface area (Å²) in [5.74, 6) is 1.43. The van der Waals surface area contributed by atoms with E-state index < -0.39 is 5.97 Å². The van der Waals surface area contributed by atoms with Crippen molar-refractivity contribution in [2.24, 2.45) is 0 Å². The molecule has 0 aliphatic carbocycles. The van der Waals surface area contributed by atoms with Crippen LogP contribution in [0.4, 0.5) is 5.95 Å². The Kier molecular flexibility index (Phi) is 1.65. The first-order chi connectivity index (χ1) is 7.22. The first kappa shape index (κ1) is 8.58. The molecule has 1 aromatic rings. The van der Waals surface area contributed by atoms with E-state index in [9.17, 15) is 4.79 Å². The van der Waals surface area contributed by atoms with Crippen LogP contribution in [0.2, 0.25) is 0 Å². The zero-order valence-corrected chi connectivity index (χ0v) is 7.97. The van der Waals surface area contributed by atoms with Gasteiger partial charge in [-0.3, -0.25) is 4.79 Å². The Morgan fingerprint density at radius 1 is 1.40 bits per heavy atom. The molecule has 15 heavy (non-hydrogen) atoms. The lowest BCUT2D eigenvalue weighted by molar-refractivity contribution is -0.137. The lowest BCUT2D eigenvalue weighted by Crippen LogP contribution is -2.31. The second-order valence-corrected chi connectivity index (χ2v) is 3.98. The summed E-state index contributed by atoms with van der Waals surface area (Å²) in [4.78, 5) is 23.4. The molecule has 2 atom stereocenters. The molecule has 3 rings (SSSR count). The SMILES string of the molecule is O=C(O)CC1CC2CNc3nc2nc1n3. The van der Waals surface area contributed by atoms with Crippen molar-refractivity contribution < 1.29 is 9.90 Å². The maximum atomic E-state index is 10.7. The molecular formula is C9H10N4O2. The molecule has 6 nitrogen and oxygen atoms in total. The Balaban J connectivity index is 2.00. The molecule has 2 N–H and O–H groups in total. The van der Waals surface area contributed by atoms with Crippen molar-refractivity contribution >= 4 is 11.9 Å². The largest absolute Gasteiger partial charge is 0.481 e. The molecule has 2 aliphatic rings. The van der Waals surface area contributed by atoms with E-state index in [4.69, 9.17) is 5.11 Å². The smallest absolute Gasteiger partial charge is 0.304 e. The molecule has 6 heteroatoms. The maximum Gasteiger partial charge on any atom is 0.304 e. The topological polar surface area (TPSA) is 88.0 Å². The van der Waals surface area contributed by atoms with Gasteiger partial charge in [-0.15, -0.1) is 0 Å². The van der Waals surface area contributed by atoms with Crippen molar-refractivity contribution in [2.45, 2.75) is 24.7 Å². The van der Waals surface area contributed by atoms with Crippen molar-refractivity contribution in [1.82, 2.24) is 15.0 Å². The molecule has 0 radical (unpaired) electrons. The second-order valence-electron chi connectivity index (χ2n) is 3.98. The Labute approximate surface area is 85.8 Å². The van der Waals surface area contributed by atoms with Gasteiger partial charge in [0.25, 0.3) is 0 Å². The first-order valence-electron chi connectivity index (χ1n) is 4.94. The second kappa shape index (κ2) is 2.88. The number of nitrogens with zero attached hydrogens (tertiary/aromatic N) is 3. The number of carbonyl (C=O) groups is 1. The average Bonchev–Trinajstić information content (AvgIpc) is 2.18. The summed E-state index contributed by atoms with van der Waals surface area (Å²) in [5, 5.41) is 11.9. The zero-order chi connectivity index (χ0) is 10.4. The van der Waals surface area contributed by atoms with Crippen LogP contribution in [-0.4, -0.2) is 32.6 Å². The van der Waals surface area contributed by atoms with Crippen LogP contribution < -0.4 is 5.32 Å². The highest BCUT2D eigenvalue weighted by Crippen LogP contribution is 2.36. The summed E-state index contributed by atoms with van der Waals surface area (Å²) in [6, 6.07) is 0. The summed E-state index contributed by atoms with van der Waals surface area (Å²) < 4.78 is 0. The van der Waals surface area contributed by atoms with Gasteiger partial charge in [-0.25, -0.2) is 4.98 Å². The molecule has 0 saturated carbocycles. The van der Waals surface area contributed by atoms with Crippen LogP contribution in [0.15, 0.2) is 0 Å². The minimum atomic E-state index is -0.794. The lowest BCUT2D eigenvalue weighted by Gasteiger charge is -2.30. The molecule has 78 valence electrons. The quantitative estimate of drug-likeness (QED) is 0.725. The molecule has 2 aliphatic heterocycles. The van der Waals surface area contributed by atoms with Gasteiger partial charge in [-0.2, -0.15) is 9.97 Å². The van der Waals surface area contributed by atoms with Crippen LogP contribution in [-0.2, 0) is 4.79 Å². The van der Waals surface area contributed by atoms with E-state index in [-0.39, 0.29) is 18.3 Å². The van der Waals surface area contributed by atoms with Crippen molar-refractivity contribution in [1.29, 1.82) is 0 Å². The molecule has 0 saturated heterocycles. The molecule has 0 spiro atoms. The van der Waals surface area contributed by atoms with Crippen LogP contribution in [0.1, 0.15) is 36.3 Å². The zero-order valence-electron chi connectivity index (χ0n) is 7.97. The van der Waals surface area contributed by atoms with Crippen molar-refractivity contribution in [2.75, 3.05) is 11.9 Å². The number of nitrogens with one attached hydrogen (secondary N) is 1. The third-order valence-electron chi connectivity index (χ3n) is 2.90. The number of aromatic nitrogens is 3. The van der Waals surface area contributed by atoms with Gasteiger partial charge in [-0.05, 0) is 6.42 Å². The van der Waals surface area contributed by atoms with E-state index in [1.807, 2.05) is 0 Å². The fourth-order valence-corrected chi connectivity index (χ4v) is 2.18. The van der Waals surface area contributed by atoms with Gasteiger partial charge in [0.1, 0.15) is 11.6 Å². The summed E-state index contributed by atoms with van der Waals surface area (Å²) in [5.41, 5.74) is 0. The van der Waals surface area contributed by atoms with E-state index in [2.05, 4.69) is 20.3 Å². The van der Waals surface area contributed by atoms with Gasteiger partial charge in [0.15, 0.2) is 0 Å². The van der Waals surface area contributed by atoms with Crippen LogP contribution in [0, 0.1) is 0 Å². The standard InChI is InChI=1S/C9H10N4O2/c14-6(15)2-4-1-5-3-10-9-12-7(4)11-8(5)13-9/h4-5H,1-3H2,(H,14,15)(H,10,11,12,13). The maximum absolute atomic E-state index is 10.7. The number of aliphatic carboxylic acids is 1. The lowest BCUT2D eigenvalue weighted by atomic mass is 9.87. The molecule has 3 heterocycles. The average molecular weight is 206 g/mol. The number of anilines is 1. The van der Waals surface area contributed by atoms with E-state index in [0.717, 1.165) is 18.8 Å². The predicted octanol–water partition coefficient (Wildman–Crippen LogP) is 0.343. The fourth-order valence-electron chi connectivity index (χ4n) is 2.18. The molecule has 2 unspecified atom stereocenters. The van der Waals surface area contributed by atoms with Crippen LogP contribution in [0.5, 0.6) is 0 Å². The number of hydrogen-bond acceptors (Lipinski definition) is 5. The number of fused-ring (bicyclic) bond motifs is 2. The molecular weight excluding hydrogens is 196 g/mol. The van der Waals surface area contributed by atoms with Crippen LogP contribution >= 0.6 is 0 Å². The van der Waals surface area contributed by atoms with Crippen molar-refractivity contribution in [3.63, 3.8) is 0 Å². The summed E-state index contributed by atoms with van der Waals surface area (Å²) in [6.07, 6.45) is 0.896. The van der Waals surface area contributed by atoms with E-state index in [0.29, 0.717) is 11.8 Å². The highest BCUT2D eigenvalue weighted by molar-refractivity contribution is 5.68. The molecule has 0 amide bonds. The van der Waals surface area contributed by atoms with E-state index in [1.54, 1.807) is 0 Å². The minimum absolute atomic E-state index is 0.0520. The number of carboxylic acid groups (broad SMARTS) is 1. The molecule has 3 bridgehead atoms. The third kappa shape index (κ3) is 1.33.